The zero-order valence-corrected chi connectivity index (χ0v) is 17.7. The number of pyridine rings is 1. The number of rotatable bonds is 8. The second kappa shape index (κ2) is 9.59. The van der Waals surface area contributed by atoms with E-state index in [9.17, 15) is 18.0 Å². The first-order chi connectivity index (χ1) is 13.6. The molecule has 2 rings (SSSR count). The maximum Gasteiger partial charge on any atom is 0.242 e. The van der Waals surface area contributed by atoms with Crippen molar-refractivity contribution in [3.8, 4) is 0 Å². The smallest absolute Gasteiger partial charge is 0.242 e. The fraction of sp³-hybridized carbons (Fsp3) is 0.316. The van der Waals surface area contributed by atoms with Crippen LogP contribution in [0.5, 0.6) is 0 Å². The predicted molar refractivity (Wildman–Crippen MR) is 111 cm³/mol. The summed E-state index contributed by atoms with van der Waals surface area (Å²) in [5.74, 6) is -0.211. The summed E-state index contributed by atoms with van der Waals surface area (Å²) < 4.78 is 25.5. The number of sulfonamides is 1. The van der Waals surface area contributed by atoms with E-state index in [4.69, 9.17) is 0 Å². The number of likely N-dealkylation sites (N-methyl/N-ethyl adjacent to an activating group) is 1. The Labute approximate surface area is 170 Å². The number of anilines is 2. The first-order valence-corrected chi connectivity index (χ1v) is 10.3. The van der Waals surface area contributed by atoms with Gasteiger partial charge in [-0.25, -0.2) is 17.7 Å². The quantitative estimate of drug-likeness (QED) is 0.664. The Morgan fingerprint density at radius 1 is 0.966 bits per heavy atom. The van der Waals surface area contributed by atoms with Gasteiger partial charge in [0.15, 0.2) is 0 Å². The molecule has 10 heteroatoms. The number of aromatic nitrogens is 1. The number of carbonyl (C=O) groups is 2. The number of amides is 2. The lowest BCUT2D eigenvalue weighted by atomic mass is 10.3. The van der Waals surface area contributed by atoms with Crippen molar-refractivity contribution >= 4 is 33.3 Å². The van der Waals surface area contributed by atoms with Crippen molar-refractivity contribution in [1.82, 2.24) is 14.2 Å². The molecule has 0 aliphatic carbocycles. The van der Waals surface area contributed by atoms with Crippen LogP contribution in [0, 0.1) is 6.92 Å². The molecule has 0 bridgehead atoms. The van der Waals surface area contributed by atoms with Crippen molar-refractivity contribution in [3.63, 3.8) is 0 Å². The summed E-state index contributed by atoms with van der Waals surface area (Å²) in [5, 5.41) is 5.32. The maximum absolute atomic E-state index is 12.2. The second-order valence-electron chi connectivity index (χ2n) is 6.75. The standard InChI is InChI=1S/C19H25N5O4S/c1-14-7-5-10-17(20-14)22-19(26)13-24(4)12-18(25)21-15-8-6-9-16(11-15)29(27,28)23(2)3/h5-11H,12-13H2,1-4H3,(H,21,25)(H,20,22,26). The molecule has 0 aliphatic heterocycles. The molecule has 156 valence electrons. The van der Waals surface area contributed by atoms with E-state index in [0.717, 1.165) is 10.00 Å². The van der Waals surface area contributed by atoms with E-state index in [2.05, 4.69) is 15.6 Å². The Morgan fingerprint density at radius 3 is 2.21 bits per heavy atom. The highest BCUT2D eigenvalue weighted by atomic mass is 32.2. The van der Waals surface area contributed by atoms with Gasteiger partial charge < -0.3 is 10.6 Å². The van der Waals surface area contributed by atoms with Crippen LogP contribution in [-0.2, 0) is 19.6 Å². The van der Waals surface area contributed by atoms with Crippen LogP contribution in [0.25, 0.3) is 0 Å². The Bertz CT molecular complexity index is 992. The second-order valence-corrected chi connectivity index (χ2v) is 8.90. The molecule has 0 fully saturated rings. The Hall–Kier alpha value is -2.82. The highest BCUT2D eigenvalue weighted by Crippen LogP contribution is 2.17. The molecule has 1 aromatic heterocycles. The summed E-state index contributed by atoms with van der Waals surface area (Å²) in [4.78, 5) is 30.2. The number of hydrogen-bond acceptors (Lipinski definition) is 6. The Kier molecular flexibility index (Phi) is 7.43. The lowest BCUT2D eigenvalue weighted by Gasteiger charge is -2.16. The topological polar surface area (TPSA) is 112 Å². The van der Waals surface area contributed by atoms with Crippen LogP contribution in [-0.4, -0.2) is 68.7 Å². The molecule has 2 N–H and O–H groups in total. The number of carbonyl (C=O) groups excluding carboxylic acids is 2. The third kappa shape index (κ3) is 6.63. The van der Waals surface area contributed by atoms with Crippen molar-refractivity contribution in [2.24, 2.45) is 0 Å². The van der Waals surface area contributed by atoms with E-state index in [1.807, 2.05) is 13.0 Å². The minimum atomic E-state index is -3.59. The zero-order valence-electron chi connectivity index (χ0n) is 16.8. The molecule has 1 aromatic carbocycles. The third-order valence-electron chi connectivity index (χ3n) is 3.88. The van der Waals surface area contributed by atoms with Crippen LogP contribution in [0.3, 0.4) is 0 Å². The summed E-state index contributed by atoms with van der Waals surface area (Å²) in [5.41, 5.74) is 1.15. The molecular weight excluding hydrogens is 394 g/mol. The number of hydrogen-bond donors (Lipinski definition) is 2. The minimum Gasteiger partial charge on any atom is -0.325 e. The van der Waals surface area contributed by atoms with Gasteiger partial charge in [-0.2, -0.15) is 0 Å². The predicted octanol–water partition coefficient (Wildman–Crippen LogP) is 1.15. The van der Waals surface area contributed by atoms with Gasteiger partial charge in [-0.3, -0.25) is 14.5 Å². The molecule has 9 nitrogen and oxygen atoms in total. The van der Waals surface area contributed by atoms with Gasteiger partial charge >= 0.3 is 0 Å². The Balaban J connectivity index is 1.91. The van der Waals surface area contributed by atoms with Crippen molar-refractivity contribution in [3.05, 3.63) is 48.2 Å². The minimum absolute atomic E-state index is 0.00189. The van der Waals surface area contributed by atoms with E-state index < -0.39 is 10.0 Å². The SMILES string of the molecule is Cc1cccc(NC(=O)CN(C)CC(=O)Nc2cccc(S(=O)(=O)N(C)C)c2)n1. The van der Waals surface area contributed by atoms with Crippen molar-refractivity contribution in [2.45, 2.75) is 11.8 Å². The van der Waals surface area contributed by atoms with Crippen LogP contribution in [0.1, 0.15) is 5.69 Å². The fourth-order valence-electron chi connectivity index (χ4n) is 2.49. The molecule has 2 amide bonds. The molecule has 0 saturated carbocycles. The van der Waals surface area contributed by atoms with Crippen molar-refractivity contribution in [2.75, 3.05) is 44.9 Å². The van der Waals surface area contributed by atoms with Gasteiger partial charge in [0.25, 0.3) is 0 Å². The maximum atomic E-state index is 12.2. The van der Waals surface area contributed by atoms with Gasteiger partial charge in [-0.1, -0.05) is 12.1 Å². The van der Waals surface area contributed by atoms with Crippen LogP contribution >= 0.6 is 0 Å². The van der Waals surface area contributed by atoms with E-state index in [1.54, 1.807) is 36.2 Å². The molecule has 0 radical (unpaired) electrons. The van der Waals surface area contributed by atoms with Crippen LogP contribution < -0.4 is 10.6 Å². The van der Waals surface area contributed by atoms with Crippen LogP contribution in [0.4, 0.5) is 11.5 Å². The molecule has 2 aromatic rings. The largest absolute Gasteiger partial charge is 0.325 e. The monoisotopic (exact) mass is 419 g/mol. The molecule has 0 unspecified atom stereocenters. The van der Waals surface area contributed by atoms with Gasteiger partial charge in [0, 0.05) is 25.5 Å². The van der Waals surface area contributed by atoms with Gasteiger partial charge in [0.1, 0.15) is 5.82 Å². The first-order valence-electron chi connectivity index (χ1n) is 8.82. The van der Waals surface area contributed by atoms with Gasteiger partial charge in [0.2, 0.25) is 21.8 Å². The number of nitrogens with zero attached hydrogens (tertiary/aromatic N) is 3. The Morgan fingerprint density at radius 2 is 1.59 bits per heavy atom. The van der Waals surface area contributed by atoms with E-state index in [1.165, 1.54) is 26.2 Å². The lowest BCUT2D eigenvalue weighted by Crippen LogP contribution is -2.36. The zero-order chi connectivity index (χ0) is 21.6. The summed E-state index contributed by atoms with van der Waals surface area (Å²) in [6, 6.07) is 11.3. The normalized spacial score (nSPS) is 11.5. The molecule has 1 heterocycles. The number of benzene rings is 1. The van der Waals surface area contributed by atoms with Crippen molar-refractivity contribution < 1.29 is 18.0 Å². The van der Waals surface area contributed by atoms with E-state index in [0.29, 0.717) is 11.5 Å². The average molecular weight is 420 g/mol. The summed E-state index contributed by atoms with van der Waals surface area (Å²) >= 11 is 0. The molecule has 0 spiro atoms. The summed E-state index contributed by atoms with van der Waals surface area (Å²) in [7, 11) is 0.915. The molecule has 29 heavy (non-hydrogen) atoms. The van der Waals surface area contributed by atoms with Gasteiger partial charge in [-0.05, 0) is 44.3 Å². The molecular formula is C19H25N5O4S. The molecule has 0 aliphatic rings. The number of aryl methyl sites for hydroxylation is 1. The highest BCUT2D eigenvalue weighted by Gasteiger charge is 2.18. The molecule has 0 atom stereocenters. The summed E-state index contributed by atoms with van der Waals surface area (Å²) in [6.07, 6.45) is 0. The van der Waals surface area contributed by atoms with E-state index >= 15 is 0 Å². The molecule has 0 saturated heterocycles. The average Bonchev–Trinajstić information content (AvgIpc) is 2.61. The third-order valence-corrected chi connectivity index (χ3v) is 5.69. The number of nitrogens with one attached hydrogen (secondary N) is 2. The summed E-state index contributed by atoms with van der Waals surface area (Å²) in [6.45, 7) is 1.78. The van der Waals surface area contributed by atoms with Crippen molar-refractivity contribution in [1.29, 1.82) is 0 Å². The first kappa shape index (κ1) is 22.5. The van der Waals surface area contributed by atoms with Crippen LogP contribution in [0.15, 0.2) is 47.4 Å². The lowest BCUT2D eigenvalue weighted by molar-refractivity contribution is -0.119. The highest BCUT2D eigenvalue weighted by molar-refractivity contribution is 7.89. The van der Waals surface area contributed by atoms with Gasteiger partial charge in [0.05, 0.1) is 18.0 Å². The fourth-order valence-corrected chi connectivity index (χ4v) is 3.43. The van der Waals surface area contributed by atoms with Crippen LogP contribution in [0.2, 0.25) is 0 Å². The van der Waals surface area contributed by atoms with E-state index in [-0.39, 0.29) is 29.8 Å². The van der Waals surface area contributed by atoms with Gasteiger partial charge in [-0.15, -0.1) is 0 Å².